The van der Waals surface area contributed by atoms with E-state index in [0.29, 0.717) is 24.0 Å². The summed E-state index contributed by atoms with van der Waals surface area (Å²) >= 11 is 1.30. The summed E-state index contributed by atoms with van der Waals surface area (Å²) in [5, 5.41) is 10.4. The summed E-state index contributed by atoms with van der Waals surface area (Å²) in [4.78, 5) is 16.2. The molecule has 1 fully saturated rings. The molecule has 1 aromatic carbocycles. The second-order valence-electron chi connectivity index (χ2n) is 5.69. The third-order valence-corrected chi connectivity index (χ3v) is 4.51. The van der Waals surface area contributed by atoms with Crippen LogP contribution in [0.15, 0.2) is 29.4 Å². The topological polar surface area (TPSA) is 79.9 Å². The van der Waals surface area contributed by atoms with Gasteiger partial charge in [-0.25, -0.2) is 4.98 Å². The molecule has 1 aliphatic rings. The summed E-state index contributed by atoms with van der Waals surface area (Å²) in [5.74, 6) is 1.69. The van der Waals surface area contributed by atoms with Crippen molar-refractivity contribution in [2.24, 2.45) is 0 Å². The molecule has 3 rings (SSSR count). The van der Waals surface area contributed by atoms with Gasteiger partial charge in [-0.05, 0) is 37.0 Å². The van der Waals surface area contributed by atoms with E-state index < -0.39 is 6.61 Å². The summed E-state index contributed by atoms with van der Waals surface area (Å²) < 4.78 is 28.4. The molecule has 134 valence electrons. The molecule has 0 atom stereocenters. The van der Waals surface area contributed by atoms with Crippen LogP contribution < -0.4 is 10.1 Å². The third-order valence-electron chi connectivity index (χ3n) is 3.66. The average molecular weight is 368 g/mol. The second-order valence-corrected chi connectivity index (χ2v) is 6.63. The number of ether oxygens (including phenoxy) is 1. The Labute approximate surface area is 147 Å². The Morgan fingerprint density at radius 3 is 2.80 bits per heavy atom. The van der Waals surface area contributed by atoms with Gasteiger partial charge in [-0.1, -0.05) is 23.9 Å². The van der Waals surface area contributed by atoms with Gasteiger partial charge < -0.3 is 10.1 Å². The highest BCUT2D eigenvalue weighted by Crippen LogP contribution is 2.38. The molecule has 1 heterocycles. The largest absolute Gasteiger partial charge is 0.435 e. The van der Waals surface area contributed by atoms with Crippen molar-refractivity contribution >= 4 is 17.7 Å². The zero-order chi connectivity index (χ0) is 17.6. The van der Waals surface area contributed by atoms with E-state index in [9.17, 15) is 13.6 Å². The highest BCUT2D eigenvalue weighted by molar-refractivity contribution is 7.99. The van der Waals surface area contributed by atoms with Gasteiger partial charge in [-0.15, -0.1) is 5.10 Å². The van der Waals surface area contributed by atoms with E-state index in [1.807, 2.05) is 0 Å². The van der Waals surface area contributed by atoms with E-state index in [1.165, 1.54) is 23.9 Å². The maximum atomic E-state index is 12.1. The molecule has 2 N–H and O–H groups in total. The van der Waals surface area contributed by atoms with E-state index in [-0.39, 0.29) is 17.4 Å². The smallest absolute Gasteiger partial charge is 0.387 e. The fourth-order valence-electron chi connectivity index (χ4n) is 2.23. The Morgan fingerprint density at radius 1 is 1.36 bits per heavy atom. The van der Waals surface area contributed by atoms with E-state index >= 15 is 0 Å². The van der Waals surface area contributed by atoms with Gasteiger partial charge in [-0.3, -0.25) is 9.89 Å². The Hall–Kier alpha value is -2.16. The van der Waals surface area contributed by atoms with Crippen LogP contribution in [0.2, 0.25) is 0 Å². The van der Waals surface area contributed by atoms with Crippen molar-refractivity contribution in [3.8, 4) is 5.75 Å². The predicted molar refractivity (Wildman–Crippen MR) is 88.9 cm³/mol. The number of rotatable bonds is 9. The van der Waals surface area contributed by atoms with Crippen LogP contribution in [0, 0.1) is 0 Å². The summed E-state index contributed by atoms with van der Waals surface area (Å²) in [7, 11) is 0. The van der Waals surface area contributed by atoms with Crippen molar-refractivity contribution < 1.29 is 18.3 Å². The monoisotopic (exact) mass is 368 g/mol. The second kappa shape index (κ2) is 8.28. The number of aromatic amines is 1. The Bertz CT molecular complexity index is 704. The van der Waals surface area contributed by atoms with Crippen LogP contribution in [-0.2, 0) is 11.2 Å². The Morgan fingerprint density at radius 2 is 2.12 bits per heavy atom. The van der Waals surface area contributed by atoms with Crippen molar-refractivity contribution in [2.75, 3.05) is 12.3 Å². The minimum absolute atomic E-state index is 0.0968. The van der Waals surface area contributed by atoms with Crippen molar-refractivity contribution in [1.29, 1.82) is 0 Å². The number of H-pyrrole nitrogens is 1. The summed E-state index contributed by atoms with van der Waals surface area (Å²) in [6.07, 6.45) is 2.90. The van der Waals surface area contributed by atoms with Gasteiger partial charge in [0.25, 0.3) is 0 Å². The van der Waals surface area contributed by atoms with E-state index in [0.717, 1.165) is 24.2 Å². The third kappa shape index (κ3) is 5.70. The number of benzene rings is 1. The molecule has 0 unspecified atom stereocenters. The van der Waals surface area contributed by atoms with Crippen molar-refractivity contribution in [3.05, 3.63) is 35.7 Å². The molecule has 0 aliphatic heterocycles. The molecule has 1 aromatic heterocycles. The van der Waals surface area contributed by atoms with E-state index in [4.69, 9.17) is 0 Å². The fourth-order valence-corrected chi connectivity index (χ4v) is 2.86. The van der Waals surface area contributed by atoms with Crippen LogP contribution in [0.1, 0.15) is 30.1 Å². The van der Waals surface area contributed by atoms with Gasteiger partial charge in [0.1, 0.15) is 11.6 Å². The van der Waals surface area contributed by atoms with Gasteiger partial charge in [0.2, 0.25) is 11.1 Å². The molecule has 0 radical (unpaired) electrons. The summed E-state index contributed by atoms with van der Waals surface area (Å²) in [6, 6.07) is 6.37. The number of nitrogens with one attached hydrogen (secondary N) is 2. The Kier molecular flexibility index (Phi) is 5.85. The number of carbonyl (C=O) groups is 1. The molecule has 1 aliphatic carbocycles. The molecule has 2 aromatic rings. The number of carbonyl (C=O) groups excluding carboxylic acids is 1. The molecule has 0 spiro atoms. The molecule has 1 amide bonds. The highest BCUT2D eigenvalue weighted by atomic mass is 32.2. The van der Waals surface area contributed by atoms with Crippen LogP contribution in [0.3, 0.4) is 0 Å². The van der Waals surface area contributed by atoms with Crippen LogP contribution in [0.25, 0.3) is 0 Å². The lowest BCUT2D eigenvalue weighted by Gasteiger charge is -2.07. The number of halogens is 2. The number of hydrogen-bond acceptors (Lipinski definition) is 5. The predicted octanol–water partition coefficient (Wildman–Crippen LogP) is 2.73. The number of alkyl halides is 2. The SMILES string of the molecule is O=C(CSc1n[nH]c(C2CC2)n1)NCCc1ccc(OC(F)F)cc1. The van der Waals surface area contributed by atoms with E-state index in [2.05, 4.69) is 25.2 Å². The van der Waals surface area contributed by atoms with Crippen molar-refractivity contribution in [1.82, 2.24) is 20.5 Å². The minimum Gasteiger partial charge on any atom is -0.435 e. The number of thioether (sulfide) groups is 1. The first-order valence-electron chi connectivity index (χ1n) is 7.95. The molecule has 6 nitrogen and oxygen atoms in total. The lowest BCUT2D eigenvalue weighted by Crippen LogP contribution is -2.27. The molecular weight excluding hydrogens is 350 g/mol. The van der Waals surface area contributed by atoms with Gasteiger partial charge in [0.05, 0.1) is 5.75 Å². The van der Waals surface area contributed by atoms with Crippen LogP contribution in [-0.4, -0.2) is 40.0 Å². The quantitative estimate of drug-likeness (QED) is 0.666. The maximum Gasteiger partial charge on any atom is 0.387 e. The minimum atomic E-state index is -2.83. The van der Waals surface area contributed by atoms with Crippen molar-refractivity contribution in [3.63, 3.8) is 0 Å². The molecular formula is C16H18F2N4O2S. The fraction of sp³-hybridized carbons (Fsp3) is 0.438. The van der Waals surface area contributed by atoms with E-state index in [1.54, 1.807) is 12.1 Å². The first kappa shape index (κ1) is 17.7. The summed E-state index contributed by atoms with van der Waals surface area (Å²) in [5.41, 5.74) is 0.928. The van der Waals surface area contributed by atoms with Gasteiger partial charge in [0.15, 0.2) is 0 Å². The summed E-state index contributed by atoms with van der Waals surface area (Å²) in [6.45, 7) is -2.36. The first-order valence-corrected chi connectivity index (χ1v) is 8.94. The zero-order valence-electron chi connectivity index (χ0n) is 13.4. The highest BCUT2D eigenvalue weighted by Gasteiger charge is 2.27. The van der Waals surface area contributed by atoms with Crippen LogP contribution in [0.4, 0.5) is 8.78 Å². The molecule has 9 heteroatoms. The first-order chi connectivity index (χ1) is 12.1. The molecule has 0 saturated heterocycles. The van der Waals surface area contributed by atoms with Crippen LogP contribution in [0.5, 0.6) is 5.75 Å². The molecule has 0 bridgehead atoms. The lowest BCUT2D eigenvalue weighted by atomic mass is 10.1. The zero-order valence-corrected chi connectivity index (χ0v) is 14.2. The lowest BCUT2D eigenvalue weighted by molar-refractivity contribution is -0.118. The number of hydrogen-bond donors (Lipinski definition) is 2. The molecule has 1 saturated carbocycles. The average Bonchev–Trinajstić information content (AvgIpc) is 3.33. The standard InChI is InChI=1S/C16H18F2N4O2S/c17-15(18)24-12-5-1-10(2-6-12)7-8-19-13(23)9-25-16-20-14(21-22-16)11-3-4-11/h1-2,5-6,11,15H,3-4,7-9H2,(H,19,23)(H,20,21,22). The van der Waals surface area contributed by atoms with Crippen molar-refractivity contribution in [2.45, 2.75) is 36.9 Å². The van der Waals surface area contributed by atoms with Gasteiger partial charge >= 0.3 is 6.61 Å². The number of nitrogens with zero attached hydrogens (tertiary/aromatic N) is 2. The number of aromatic nitrogens is 3. The number of amides is 1. The molecule has 25 heavy (non-hydrogen) atoms. The Balaban J connectivity index is 1.34. The normalized spacial score (nSPS) is 13.9. The maximum absolute atomic E-state index is 12.1. The van der Waals surface area contributed by atoms with Gasteiger partial charge in [-0.2, -0.15) is 8.78 Å². The van der Waals surface area contributed by atoms with Crippen LogP contribution >= 0.6 is 11.8 Å². The van der Waals surface area contributed by atoms with Gasteiger partial charge in [0, 0.05) is 12.5 Å².